The van der Waals surface area contributed by atoms with Crippen LogP contribution in [0.15, 0.2) is 42.5 Å². The maximum Gasteiger partial charge on any atom is 0.228 e. The van der Waals surface area contributed by atoms with Crippen LogP contribution in [0, 0.1) is 11.8 Å². The molecular formula is C18H15Cl3N2O2. The quantitative estimate of drug-likeness (QED) is 0.778. The summed E-state index contributed by atoms with van der Waals surface area (Å²) in [6.07, 6.45) is 0.522. The van der Waals surface area contributed by atoms with E-state index in [1.165, 1.54) is 0 Å². The Bertz CT molecular complexity index is 805. The van der Waals surface area contributed by atoms with Crippen LogP contribution in [0.3, 0.4) is 0 Å². The number of benzene rings is 2. The Morgan fingerprint density at radius 3 is 2.28 bits per heavy atom. The van der Waals surface area contributed by atoms with Gasteiger partial charge in [-0.2, -0.15) is 0 Å². The minimum absolute atomic E-state index is 0.149. The molecule has 0 aromatic heterocycles. The standard InChI is InChI=1S/C18H15Cl3N2O2/c19-11-5-12(20)7-13(6-11)23-18(25)15-8-14(15)17(24)22-9-10-3-1-2-4-16(10)21/h1-7,14-15H,8-9H2,(H,22,24)(H,23,25). The number of nitrogens with one attached hydrogen (secondary N) is 2. The molecule has 0 spiro atoms. The topological polar surface area (TPSA) is 58.2 Å². The van der Waals surface area contributed by atoms with Crippen LogP contribution in [0.2, 0.25) is 15.1 Å². The zero-order valence-electron chi connectivity index (χ0n) is 13.1. The molecule has 4 nitrogen and oxygen atoms in total. The number of carbonyl (C=O) groups is 2. The number of anilines is 1. The monoisotopic (exact) mass is 396 g/mol. The second-order valence-corrected chi connectivity index (χ2v) is 7.19. The van der Waals surface area contributed by atoms with Crippen LogP contribution in [0.5, 0.6) is 0 Å². The van der Waals surface area contributed by atoms with E-state index in [1.807, 2.05) is 18.2 Å². The van der Waals surface area contributed by atoms with Crippen LogP contribution in [0.25, 0.3) is 0 Å². The summed E-state index contributed by atoms with van der Waals surface area (Å²) in [5.41, 5.74) is 1.36. The first-order valence-electron chi connectivity index (χ1n) is 7.72. The summed E-state index contributed by atoms with van der Waals surface area (Å²) in [5.74, 6) is -1.03. The summed E-state index contributed by atoms with van der Waals surface area (Å²) in [4.78, 5) is 24.4. The molecule has 0 bridgehead atoms. The lowest BCUT2D eigenvalue weighted by Crippen LogP contribution is -2.27. The Morgan fingerprint density at radius 1 is 0.960 bits per heavy atom. The normalized spacial score (nSPS) is 18.5. The molecule has 2 unspecified atom stereocenters. The van der Waals surface area contributed by atoms with Crippen LogP contribution in [-0.4, -0.2) is 11.8 Å². The lowest BCUT2D eigenvalue weighted by molar-refractivity contribution is -0.125. The van der Waals surface area contributed by atoms with Gasteiger partial charge < -0.3 is 10.6 Å². The molecule has 1 aliphatic rings. The highest BCUT2D eigenvalue weighted by atomic mass is 35.5. The van der Waals surface area contributed by atoms with E-state index in [0.29, 0.717) is 33.7 Å². The van der Waals surface area contributed by atoms with Crippen molar-refractivity contribution in [3.05, 3.63) is 63.1 Å². The van der Waals surface area contributed by atoms with Gasteiger partial charge in [-0.1, -0.05) is 53.0 Å². The molecule has 130 valence electrons. The van der Waals surface area contributed by atoms with Crippen molar-refractivity contribution >= 4 is 52.3 Å². The third-order valence-corrected chi connectivity index (χ3v) is 4.81. The SMILES string of the molecule is O=C(NCc1ccccc1Cl)C1CC1C(=O)Nc1cc(Cl)cc(Cl)c1. The third-order valence-electron chi connectivity index (χ3n) is 4.00. The van der Waals surface area contributed by atoms with Gasteiger partial charge in [0, 0.05) is 27.3 Å². The molecule has 2 aromatic carbocycles. The molecule has 1 aliphatic carbocycles. The molecule has 2 aromatic rings. The molecule has 7 heteroatoms. The molecule has 3 rings (SSSR count). The average Bonchev–Trinajstić information content (AvgIpc) is 3.33. The molecule has 0 saturated heterocycles. The van der Waals surface area contributed by atoms with Crippen molar-refractivity contribution in [1.82, 2.24) is 5.32 Å². The van der Waals surface area contributed by atoms with E-state index >= 15 is 0 Å². The summed E-state index contributed by atoms with van der Waals surface area (Å²) < 4.78 is 0. The Labute approximate surface area is 160 Å². The molecular weight excluding hydrogens is 383 g/mol. The number of hydrogen-bond acceptors (Lipinski definition) is 2. The van der Waals surface area contributed by atoms with E-state index in [9.17, 15) is 9.59 Å². The predicted molar refractivity (Wildman–Crippen MR) is 100.0 cm³/mol. The lowest BCUT2D eigenvalue weighted by atomic mass is 10.2. The zero-order valence-corrected chi connectivity index (χ0v) is 15.3. The van der Waals surface area contributed by atoms with Gasteiger partial charge in [-0.25, -0.2) is 0 Å². The molecule has 1 saturated carbocycles. The lowest BCUT2D eigenvalue weighted by Gasteiger charge is -2.08. The van der Waals surface area contributed by atoms with Gasteiger partial charge in [0.2, 0.25) is 11.8 Å². The highest BCUT2D eigenvalue weighted by Gasteiger charge is 2.47. The van der Waals surface area contributed by atoms with E-state index in [0.717, 1.165) is 5.56 Å². The highest BCUT2D eigenvalue weighted by molar-refractivity contribution is 6.35. The van der Waals surface area contributed by atoms with Gasteiger partial charge in [-0.15, -0.1) is 0 Å². The maximum absolute atomic E-state index is 12.2. The first kappa shape index (κ1) is 18.1. The van der Waals surface area contributed by atoms with Gasteiger partial charge in [0.1, 0.15) is 0 Å². The first-order chi connectivity index (χ1) is 11.9. The summed E-state index contributed by atoms with van der Waals surface area (Å²) in [6, 6.07) is 12.1. The predicted octanol–water partition coefficient (Wildman–Crippen LogP) is 4.54. The molecule has 0 radical (unpaired) electrons. The van der Waals surface area contributed by atoms with E-state index in [-0.39, 0.29) is 23.7 Å². The fourth-order valence-corrected chi connectivity index (χ4v) is 3.32. The molecule has 2 N–H and O–H groups in total. The van der Waals surface area contributed by atoms with Crippen molar-refractivity contribution in [3.63, 3.8) is 0 Å². The third kappa shape index (κ3) is 4.66. The highest BCUT2D eigenvalue weighted by Crippen LogP contribution is 2.40. The molecule has 0 aliphatic heterocycles. The van der Waals surface area contributed by atoms with Gasteiger partial charge >= 0.3 is 0 Å². The van der Waals surface area contributed by atoms with Crippen molar-refractivity contribution in [3.8, 4) is 0 Å². The van der Waals surface area contributed by atoms with Gasteiger partial charge in [0.25, 0.3) is 0 Å². The van der Waals surface area contributed by atoms with E-state index in [1.54, 1.807) is 24.3 Å². The second kappa shape index (κ2) is 7.65. The van der Waals surface area contributed by atoms with Crippen molar-refractivity contribution in [2.45, 2.75) is 13.0 Å². The number of amides is 2. The van der Waals surface area contributed by atoms with Crippen LogP contribution >= 0.6 is 34.8 Å². The summed E-state index contributed by atoms with van der Waals surface area (Å²) in [5, 5.41) is 7.05. The van der Waals surface area contributed by atoms with Crippen molar-refractivity contribution in [1.29, 1.82) is 0 Å². The number of halogens is 3. The fourth-order valence-electron chi connectivity index (χ4n) is 2.59. The van der Waals surface area contributed by atoms with Crippen molar-refractivity contribution < 1.29 is 9.59 Å². The van der Waals surface area contributed by atoms with Crippen LogP contribution in [-0.2, 0) is 16.1 Å². The summed E-state index contributed by atoms with van der Waals surface area (Å²) in [7, 11) is 0. The van der Waals surface area contributed by atoms with Crippen LogP contribution < -0.4 is 10.6 Å². The summed E-state index contributed by atoms with van der Waals surface area (Å²) >= 11 is 17.9. The molecule has 1 fully saturated rings. The van der Waals surface area contributed by atoms with Crippen LogP contribution in [0.4, 0.5) is 5.69 Å². The minimum Gasteiger partial charge on any atom is -0.352 e. The van der Waals surface area contributed by atoms with E-state index in [4.69, 9.17) is 34.8 Å². The minimum atomic E-state index is -0.344. The molecule has 25 heavy (non-hydrogen) atoms. The fraction of sp³-hybridized carbons (Fsp3) is 0.222. The van der Waals surface area contributed by atoms with Gasteiger partial charge in [0.15, 0.2) is 0 Å². The van der Waals surface area contributed by atoms with E-state index < -0.39 is 0 Å². The molecule has 0 heterocycles. The number of carbonyl (C=O) groups excluding carboxylic acids is 2. The number of rotatable bonds is 5. The van der Waals surface area contributed by atoms with Crippen molar-refractivity contribution in [2.24, 2.45) is 11.8 Å². The van der Waals surface area contributed by atoms with Gasteiger partial charge in [0.05, 0.1) is 11.8 Å². The molecule has 2 atom stereocenters. The number of hydrogen-bond donors (Lipinski definition) is 2. The largest absolute Gasteiger partial charge is 0.352 e. The first-order valence-corrected chi connectivity index (χ1v) is 8.85. The van der Waals surface area contributed by atoms with Gasteiger partial charge in [-0.3, -0.25) is 9.59 Å². The Balaban J connectivity index is 1.52. The maximum atomic E-state index is 12.2. The van der Waals surface area contributed by atoms with Crippen LogP contribution in [0.1, 0.15) is 12.0 Å². The summed E-state index contributed by atoms with van der Waals surface area (Å²) in [6.45, 7) is 0.341. The van der Waals surface area contributed by atoms with Crippen molar-refractivity contribution in [2.75, 3.05) is 5.32 Å². The average molecular weight is 398 g/mol. The Hall–Kier alpha value is -1.75. The zero-order chi connectivity index (χ0) is 18.0. The second-order valence-electron chi connectivity index (χ2n) is 5.91. The molecule has 2 amide bonds. The Morgan fingerprint density at radius 2 is 1.60 bits per heavy atom. The van der Waals surface area contributed by atoms with E-state index in [2.05, 4.69) is 10.6 Å². The Kier molecular flexibility index (Phi) is 5.52. The van der Waals surface area contributed by atoms with Gasteiger partial charge in [-0.05, 0) is 36.2 Å². The smallest absolute Gasteiger partial charge is 0.228 e.